The molecule has 0 amide bonds. The molecule has 0 saturated carbocycles. The number of carbonyl (C=O) groups is 3. The summed E-state index contributed by atoms with van der Waals surface area (Å²) in [5, 5.41) is 46.6. The minimum Gasteiger partial charge on any atom is -0.479 e. The summed E-state index contributed by atoms with van der Waals surface area (Å²) in [4.78, 5) is 32.4. The third-order valence-corrected chi connectivity index (χ3v) is 7.25. The van der Waals surface area contributed by atoms with E-state index in [0.717, 1.165) is 0 Å². The van der Waals surface area contributed by atoms with E-state index in [1.165, 1.54) is 14.2 Å². The summed E-state index contributed by atoms with van der Waals surface area (Å²) in [6.45, 7) is 9.04. The number of methoxy groups -OCH3 is 2. The van der Waals surface area contributed by atoms with Gasteiger partial charge in [-0.1, -0.05) is 111 Å². The fourth-order valence-electron chi connectivity index (χ4n) is 4.56. The van der Waals surface area contributed by atoms with E-state index in [-0.39, 0.29) is 5.92 Å². The molecule has 3 aromatic carbocycles. The maximum absolute atomic E-state index is 11.3. The molecule has 0 fully saturated rings. The first-order valence-corrected chi connectivity index (χ1v) is 13.9. The van der Waals surface area contributed by atoms with Crippen molar-refractivity contribution in [1.29, 1.82) is 0 Å². The van der Waals surface area contributed by atoms with E-state index in [1.54, 1.807) is 85.8 Å². The Kier molecular flexibility index (Phi) is 15.3. The average Bonchev–Trinajstić information content (AvgIpc) is 3.03. The number of carboxylic acid groups (broad SMARTS) is 3. The van der Waals surface area contributed by atoms with Crippen molar-refractivity contribution in [2.75, 3.05) is 14.2 Å². The molecule has 244 valence electrons. The molecular weight excluding hydrogens is 582 g/mol. The molecule has 3 aromatic rings. The summed E-state index contributed by atoms with van der Waals surface area (Å²) in [5.41, 5.74) is 2.74. The summed E-state index contributed by atoms with van der Waals surface area (Å²) in [6, 6.07) is 25.9. The number of rotatable bonds is 12. The van der Waals surface area contributed by atoms with Crippen LogP contribution in [-0.4, -0.2) is 75.9 Å². The van der Waals surface area contributed by atoms with E-state index in [4.69, 9.17) is 19.7 Å². The standard InChI is InChI=1S/C16H16O4.C13H16O4.C5H11NO2/c1-20-16(14(17)15(18)19,12-8-4-2-5-9-12)13-10-6-3-7-11-13;1-9(2)13(17-3,11(14)12(15)16)10-7-5-4-6-8-10;1-3(2)4(6)5(7)8/h2-11,14,17H,1H3,(H,18,19);4-8,11,14H,1H2,2-3H3,(H,15,16);3-4H,6H2,1-2H3,(H,7,8)/p+1/t14-;11-,13?;4-/m110/s1. The zero-order chi connectivity index (χ0) is 34.4. The van der Waals surface area contributed by atoms with Gasteiger partial charge < -0.3 is 40.7 Å². The van der Waals surface area contributed by atoms with Crippen molar-refractivity contribution >= 4 is 17.9 Å². The van der Waals surface area contributed by atoms with Gasteiger partial charge in [0.15, 0.2) is 23.9 Å². The fraction of sp³-hybridized carbons (Fsp3) is 0.324. The van der Waals surface area contributed by atoms with Gasteiger partial charge in [0.25, 0.3) is 0 Å². The molecule has 1 unspecified atom stereocenters. The molecule has 0 saturated heterocycles. The van der Waals surface area contributed by atoms with Gasteiger partial charge in [-0.2, -0.15) is 0 Å². The summed E-state index contributed by atoms with van der Waals surface area (Å²) >= 11 is 0. The molecule has 0 spiro atoms. The monoisotopic (exact) mass is 626 g/mol. The first-order chi connectivity index (χ1) is 21.1. The van der Waals surface area contributed by atoms with Crippen LogP contribution in [0.15, 0.2) is 103 Å². The highest BCUT2D eigenvalue weighted by Crippen LogP contribution is 2.37. The zero-order valence-corrected chi connectivity index (χ0v) is 26.2. The second kappa shape index (κ2) is 17.8. The van der Waals surface area contributed by atoms with Crippen LogP contribution in [0.2, 0.25) is 0 Å². The summed E-state index contributed by atoms with van der Waals surface area (Å²) in [7, 11) is 2.75. The van der Waals surface area contributed by atoms with Crippen molar-refractivity contribution in [3.05, 3.63) is 120 Å². The Labute approximate surface area is 263 Å². The molecule has 8 N–H and O–H groups in total. The van der Waals surface area contributed by atoms with Gasteiger partial charge in [0.1, 0.15) is 5.60 Å². The average molecular weight is 627 g/mol. The van der Waals surface area contributed by atoms with Gasteiger partial charge in [0.05, 0.1) is 0 Å². The zero-order valence-electron chi connectivity index (χ0n) is 26.2. The third kappa shape index (κ3) is 9.30. The van der Waals surface area contributed by atoms with Crippen LogP contribution < -0.4 is 5.73 Å². The predicted octanol–water partition coefficient (Wildman–Crippen LogP) is 2.91. The maximum atomic E-state index is 11.3. The molecule has 0 radical (unpaired) electrons. The number of quaternary nitrogens is 1. The largest absolute Gasteiger partial charge is 0.479 e. The second-order valence-electron chi connectivity index (χ2n) is 10.4. The number of hydrogen-bond acceptors (Lipinski definition) is 7. The Morgan fingerprint density at radius 3 is 1.24 bits per heavy atom. The number of carboxylic acids is 3. The topological polar surface area (TPSA) is 198 Å². The minimum absolute atomic E-state index is 0.132. The molecule has 0 aromatic heterocycles. The van der Waals surface area contributed by atoms with Crippen LogP contribution in [-0.2, 0) is 35.1 Å². The number of hydrogen-bond donors (Lipinski definition) is 6. The van der Waals surface area contributed by atoms with Crippen molar-refractivity contribution < 1.29 is 55.1 Å². The van der Waals surface area contributed by atoms with E-state index in [2.05, 4.69) is 12.3 Å². The summed E-state index contributed by atoms with van der Waals surface area (Å²) in [6.07, 6.45) is -3.41. The number of ether oxygens (including phenoxy) is 2. The highest BCUT2D eigenvalue weighted by atomic mass is 16.5. The Balaban J connectivity index is 0.000000368. The smallest absolute Gasteiger partial charge is 0.362 e. The molecule has 45 heavy (non-hydrogen) atoms. The van der Waals surface area contributed by atoms with Gasteiger partial charge in [-0.05, 0) is 29.2 Å². The lowest BCUT2D eigenvalue weighted by Gasteiger charge is -2.35. The Hall–Kier alpha value is -4.39. The van der Waals surface area contributed by atoms with Crippen LogP contribution >= 0.6 is 0 Å². The van der Waals surface area contributed by atoms with Crippen LogP contribution in [0, 0.1) is 5.92 Å². The van der Waals surface area contributed by atoms with E-state index in [1.807, 2.05) is 26.0 Å². The van der Waals surface area contributed by atoms with Crippen molar-refractivity contribution in [2.24, 2.45) is 5.92 Å². The van der Waals surface area contributed by atoms with Crippen molar-refractivity contribution in [1.82, 2.24) is 0 Å². The molecule has 0 heterocycles. The quantitative estimate of drug-likeness (QED) is 0.163. The van der Waals surface area contributed by atoms with Crippen LogP contribution in [0.5, 0.6) is 0 Å². The van der Waals surface area contributed by atoms with Gasteiger partial charge in [0, 0.05) is 20.1 Å². The fourth-order valence-corrected chi connectivity index (χ4v) is 4.56. The SMILES string of the molecule is C=C(C)C(OC)(c1ccccc1)[C@H](O)C(=O)O.CC(C)[C@H]([NH3+])C(=O)O.COC(c1ccccc1)(c1ccccc1)[C@H](O)C(=O)O. The van der Waals surface area contributed by atoms with Crippen LogP contribution in [0.3, 0.4) is 0 Å². The summed E-state index contributed by atoms with van der Waals surface area (Å²) < 4.78 is 10.8. The molecular formula is C34H44NO10+. The first kappa shape index (κ1) is 38.6. The molecule has 11 heteroatoms. The Bertz CT molecular complexity index is 1330. The summed E-state index contributed by atoms with van der Waals surface area (Å²) in [5.74, 6) is -3.37. The minimum atomic E-state index is -1.71. The Morgan fingerprint density at radius 2 is 1.02 bits per heavy atom. The lowest BCUT2D eigenvalue weighted by Crippen LogP contribution is -2.67. The predicted molar refractivity (Wildman–Crippen MR) is 167 cm³/mol. The highest BCUT2D eigenvalue weighted by molar-refractivity contribution is 5.76. The number of aliphatic hydroxyl groups is 2. The van der Waals surface area contributed by atoms with Crippen molar-refractivity contribution in [3.63, 3.8) is 0 Å². The normalized spacial score (nSPS) is 14.2. The first-order valence-electron chi connectivity index (χ1n) is 13.9. The van der Waals surface area contributed by atoms with Gasteiger partial charge in [0.2, 0.25) is 0 Å². The van der Waals surface area contributed by atoms with Crippen LogP contribution in [0.1, 0.15) is 37.5 Å². The molecule has 0 bridgehead atoms. The highest BCUT2D eigenvalue weighted by Gasteiger charge is 2.46. The molecule has 11 nitrogen and oxygen atoms in total. The van der Waals surface area contributed by atoms with Gasteiger partial charge >= 0.3 is 17.9 Å². The second-order valence-corrected chi connectivity index (χ2v) is 10.4. The van der Waals surface area contributed by atoms with Crippen LogP contribution in [0.4, 0.5) is 0 Å². The van der Waals surface area contributed by atoms with Crippen molar-refractivity contribution in [3.8, 4) is 0 Å². The van der Waals surface area contributed by atoms with Gasteiger partial charge in [-0.3, -0.25) is 0 Å². The molecule has 3 rings (SSSR count). The third-order valence-electron chi connectivity index (χ3n) is 7.25. The van der Waals surface area contributed by atoms with E-state index < -0.39 is 47.4 Å². The van der Waals surface area contributed by atoms with Crippen LogP contribution in [0.25, 0.3) is 0 Å². The number of aliphatic carboxylic acids is 3. The van der Waals surface area contributed by atoms with Crippen molar-refractivity contribution in [2.45, 2.75) is 50.2 Å². The van der Waals surface area contributed by atoms with E-state index in [0.29, 0.717) is 22.3 Å². The van der Waals surface area contributed by atoms with Gasteiger partial charge in [-0.15, -0.1) is 0 Å². The number of aliphatic hydroxyl groups excluding tert-OH is 2. The lowest BCUT2D eigenvalue weighted by atomic mass is 9.81. The molecule has 4 atom stereocenters. The molecule has 0 aliphatic carbocycles. The molecule has 0 aliphatic heterocycles. The van der Waals surface area contributed by atoms with Gasteiger partial charge in [-0.25, -0.2) is 14.4 Å². The Morgan fingerprint density at radius 1 is 0.667 bits per heavy atom. The maximum Gasteiger partial charge on any atom is 0.362 e. The van der Waals surface area contributed by atoms with E-state index in [9.17, 15) is 29.7 Å². The lowest BCUT2D eigenvalue weighted by molar-refractivity contribution is -0.417. The molecule has 0 aliphatic rings. The number of benzene rings is 3. The van der Waals surface area contributed by atoms with E-state index >= 15 is 0 Å².